The predicted molar refractivity (Wildman–Crippen MR) is 63.6 cm³/mol. The van der Waals surface area contributed by atoms with Crippen molar-refractivity contribution in [3.8, 4) is 24.7 Å². The Balaban J connectivity index is 2.58. The smallest absolute Gasteiger partial charge is 0.237 e. The normalized spacial score (nSPS) is 15.8. The highest BCUT2D eigenvalue weighted by Crippen LogP contribution is 2.42. The molecule has 0 unspecified atom stereocenters. The molecule has 1 aromatic carbocycles. The fourth-order valence-corrected chi connectivity index (χ4v) is 2.14. The van der Waals surface area contributed by atoms with Gasteiger partial charge in [-0.2, -0.15) is 0 Å². The van der Waals surface area contributed by atoms with Gasteiger partial charge in [0.25, 0.3) is 0 Å². The van der Waals surface area contributed by atoms with E-state index in [1.807, 2.05) is 24.3 Å². The van der Waals surface area contributed by atoms with E-state index in [0.717, 1.165) is 11.3 Å². The number of nitrogens with one attached hydrogen (secondary N) is 1. The highest BCUT2D eigenvalue weighted by Gasteiger charge is 2.45. The summed E-state index contributed by atoms with van der Waals surface area (Å²) in [5.74, 6) is 5.01. The molecule has 78 valence electrons. The largest absolute Gasteiger partial charge is 0.325 e. The zero-order valence-corrected chi connectivity index (χ0v) is 8.79. The van der Waals surface area contributed by atoms with Crippen molar-refractivity contribution in [3.05, 3.63) is 29.8 Å². The van der Waals surface area contributed by atoms with Crippen LogP contribution in [0, 0.1) is 24.7 Å². The van der Waals surface area contributed by atoms with E-state index < -0.39 is 5.41 Å². The van der Waals surface area contributed by atoms with E-state index in [1.54, 1.807) is 0 Å². The molecule has 0 fully saturated rings. The van der Waals surface area contributed by atoms with Crippen LogP contribution in [0.5, 0.6) is 0 Å². The lowest BCUT2D eigenvalue weighted by Crippen LogP contribution is -2.33. The van der Waals surface area contributed by atoms with Gasteiger partial charge in [0.05, 0.1) is 5.41 Å². The Kier molecular flexibility index (Phi) is 2.43. The van der Waals surface area contributed by atoms with Gasteiger partial charge in [0.15, 0.2) is 0 Å². The molecule has 1 heterocycles. The summed E-state index contributed by atoms with van der Waals surface area (Å²) in [4.78, 5) is 12.0. The van der Waals surface area contributed by atoms with Crippen LogP contribution < -0.4 is 5.32 Å². The molecule has 0 aromatic heterocycles. The molecule has 0 aliphatic carbocycles. The van der Waals surface area contributed by atoms with Crippen molar-refractivity contribution >= 4 is 11.6 Å². The second kappa shape index (κ2) is 3.76. The molecule has 0 saturated heterocycles. The second-order valence-corrected chi connectivity index (χ2v) is 3.84. The number of para-hydroxylation sites is 1. The summed E-state index contributed by atoms with van der Waals surface area (Å²) in [7, 11) is 0. The van der Waals surface area contributed by atoms with Crippen LogP contribution in [0.15, 0.2) is 24.3 Å². The van der Waals surface area contributed by atoms with E-state index in [-0.39, 0.29) is 5.91 Å². The Bertz CT molecular complexity index is 500. The van der Waals surface area contributed by atoms with Gasteiger partial charge in [0.1, 0.15) is 0 Å². The van der Waals surface area contributed by atoms with Crippen molar-refractivity contribution in [1.82, 2.24) is 0 Å². The van der Waals surface area contributed by atoms with Gasteiger partial charge in [0, 0.05) is 18.5 Å². The molecule has 1 N–H and O–H groups in total. The minimum atomic E-state index is -0.736. The average Bonchev–Trinajstić information content (AvgIpc) is 2.54. The molecule has 0 bridgehead atoms. The van der Waals surface area contributed by atoms with E-state index in [9.17, 15) is 4.79 Å². The summed E-state index contributed by atoms with van der Waals surface area (Å²) in [6.45, 7) is 0. The maximum absolute atomic E-state index is 12.0. The number of hydrogen-bond acceptors (Lipinski definition) is 1. The summed E-state index contributed by atoms with van der Waals surface area (Å²) in [6, 6.07) is 7.53. The minimum Gasteiger partial charge on any atom is -0.325 e. The Hall–Kier alpha value is -2.19. The third-order valence-corrected chi connectivity index (χ3v) is 2.93. The molecule has 1 aromatic rings. The first-order valence-electron chi connectivity index (χ1n) is 5.02. The lowest BCUT2D eigenvalue weighted by molar-refractivity contribution is -0.120. The van der Waals surface area contributed by atoms with Crippen LogP contribution in [0.3, 0.4) is 0 Å². The first-order chi connectivity index (χ1) is 7.74. The van der Waals surface area contributed by atoms with Crippen LogP contribution >= 0.6 is 0 Å². The molecule has 0 radical (unpaired) electrons. The molecule has 0 saturated carbocycles. The van der Waals surface area contributed by atoms with Crippen LogP contribution in [0.25, 0.3) is 0 Å². The molecular formula is C14H11NO. The van der Waals surface area contributed by atoms with E-state index in [0.29, 0.717) is 12.8 Å². The van der Waals surface area contributed by atoms with Crippen molar-refractivity contribution in [2.75, 3.05) is 5.32 Å². The maximum Gasteiger partial charge on any atom is 0.237 e. The zero-order valence-electron chi connectivity index (χ0n) is 8.79. The van der Waals surface area contributed by atoms with Crippen LogP contribution in [0.2, 0.25) is 0 Å². The predicted octanol–water partition coefficient (Wildman–Crippen LogP) is 1.92. The van der Waals surface area contributed by atoms with Gasteiger partial charge < -0.3 is 5.32 Å². The van der Waals surface area contributed by atoms with Gasteiger partial charge in [-0.05, 0) is 11.6 Å². The van der Waals surface area contributed by atoms with E-state index >= 15 is 0 Å². The first kappa shape index (κ1) is 10.3. The molecule has 2 rings (SSSR count). The molecule has 1 amide bonds. The molecule has 2 nitrogen and oxygen atoms in total. The quantitative estimate of drug-likeness (QED) is 0.741. The lowest BCUT2D eigenvalue weighted by Gasteiger charge is -2.22. The monoisotopic (exact) mass is 209 g/mol. The SMILES string of the molecule is C#CCC1(CC#C)C(=O)Nc2ccccc21. The average molecular weight is 209 g/mol. The first-order valence-corrected chi connectivity index (χ1v) is 5.02. The third kappa shape index (κ3) is 1.28. The van der Waals surface area contributed by atoms with Crippen LogP contribution in [0.1, 0.15) is 18.4 Å². The number of carbonyl (C=O) groups excluding carboxylic acids is 1. The van der Waals surface area contributed by atoms with Crippen molar-refractivity contribution in [2.45, 2.75) is 18.3 Å². The fraction of sp³-hybridized carbons (Fsp3) is 0.214. The standard InChI is InChI=1S/C14H11NO/c1-3-9-14(10-4-2)11-7-5-6-8-12(11)15-13(14)16/h1-2,5-8H,9-10H2,(H,15,16). The molecule has 2 heteroatoms. The number of hydrogen-bond donors (Lipinski definition) is 1. The minimum absolute atomic E-state index is 0.0930. The number of benzene rings is 1. The van der Waals surface area contributed by atoms with Crippen molar-refractivity contribution in [2.24, 2.45) is 0 Å². The van der Waals surface area contributed by atoms with E-state index in [2.05, 4.69) is 17.2 Å². The van der Waals surface area contributed by atoms with Crippen molar-refractivity contribution < 1.29 is 4.79 Å². The highest BCUT2D eigenvalue weighted by atomic mass is 16.2. The van der Waals surface area contributed by atoms with Crippen LogP contribution in [-0.4, -0.2) is 5.91 Å². The van der Waals surface area contributed by atoms with Crippen molar-refractivity contribution in [3.63, 3.8) is 0 Å². The lowest BCUT2D eigenvalue weighted by atomic mass is 9.76. The summed E-state index contributed by atoms with van der Waals surface area (Å²) in [6.07, 6.45) is 11.4. The van der Waals surface area contributed by atoms with E-state index in [4.69, 9.17) is 12.8 Å². The summed E-state index contributed by atoms with van der Waals surface area (Å²) in [5, 5.41) is 2.83. The zero-order chi connectivity index (χ0) is 11.6. The summed E-state index contributed by atoms with van der Waals surface area (Å²) < 4.78 is 0. The van der Waals surface area contributed by atoms with E-state index in [1.165, 1.54) is 0 Å². The maximum atomic E-state index is 12.0. The van der Waals surface area contributed by atoms with Gasteiger partial charge in [-0.3, -0.25) is 4.79 Å². The molecule has 0 spiro atoms. The summed E-state index contributed by atoms with van der Waals surface area (Å²) in [5.41, 5.74) is 0.994. The van der Waals surface area contributed by atoms with Gasteiger partial charge in [0.2, 0.25) is 5.91 Å². The van der Waals surface area contributed by atoms with Gasteiger partial charge in [-0.25, -0.2) is 0 Å². The molecule has 0 atom stereocenters. The Morgan fingerprint density at radius 1 is 1.19 bits per heavy atom. The van der Waals surface area contributed by atoms with Crippen molar-refractivity contribution in [1.29, 1.82) is 0 Å². The Labute approximate surface area is 95.1 Å². The highest BCUT2D eigenvalue weighted by molar-refractivity contribution is 6.06. The number of terminal acetylenes is 2. The number of fused-ring (bicyclic) bond motifs is 1. The number of amides is 1. The topological polar surface area (TPSA) is 29.1 Å². The van der Waals surface area contributed by atoms with Gasteiger partial charge in [-0.15, -0.1) is 24.7 Å². The Morgan fingerprint density at radius 3 is 2.44 bits per heavy atom. The summed E-state index contributed by atoms with van der Waals surface area (Å²) >= 11 is 0. The molecular weight excluding hydrogens is 198 g/mol. The molecule has 16 heavy (non-hydrogen) atoms. The number of anilines is 1. The number of rotatable bonds is 2. The van der Waals surface area contributed by atoms with Crippen LogP contribution in [0.4, 0.5) is 5.69 Å². The van der Waals surface area contributed by atoms with Gasteiger partial charge in [-0.1, -0.05) is 18.2 Å². The Morgan fingerprint density at radius 2 is 1.81 bits per heavy atom. The molecule has 1 aliphatic rings. The number of carbonyl (C=O) groups is 1. The molecule has 1 aliphatic heterocycles. The second-order valence-electron chi connectivity index (χ2n) is 3.84. The van der Waals surface area contributed by atoms with Crippen LogP contribution in [-0.2, 0) is 10.2 Å². The third-order valence-electron chi connectivity index (χ3n) is 2.93. The van der Waals surface area contributed by atoms with Gasteiger partial charge >= 0.3 is 0 Å². The fourth-order valence-electron chi connectivity index (χ4n) is 2.14.